The Morgan fingerprint density at radius 3 is 2.93 bits per heavy atom. The zero-order valence-corrected chi connectivity index (χ0v) is 9.12. The molecule has 0 fully saturated rings. The molecule has 0 aliphatic rings. The molecule has 80 valence electrons. The summed E-state index contributed by atoms with van der Waals surface area (Å²) in [6.45, 7) is 2.00. The number of nitrogens with zero attached hydrogens (tertiary/aromatic N) is 1. The summed E-state index contributed by atoms with van der Waals surface area (Å²) in [5, 5.41) is 10.4. The minimum Gasteiger partial charge on any atom is -0.463 e. The van der Waals surface area contributed by atoms with Gasteiger partial charge in [-0.05, 0) is 12.1 Å². The van der Waals surface area contributed by atoms with Crippen LogP contribution >= 0.6 is 11.3 Å². The molecule has 15 heavy (non-hydrogen) atoms. The molecule has 0 bridgehead atoms. The molecule has 0 spiro atoms. The first-order chi connectivity index (χ1) is 7.20. The van der Waals surface area contributed by atoms with E-state index in [4.69, 9.17) is 10.2 Å². The molecule has 1 unspecified atom stereocenters. The monoisotopic (exact) mass is 224 g/mol. The van der Waals surface area contributed by atoms with Crippen molar-refractivity contribution in [3.63, 3.8) is 0 Å². The summed E-state index contributed by atoms with van der Waals surface area (Å²) in [6, 6.07) is 3.64. The number of nitrogen functional groups attached to an aromatic ring is 1. The summed E-state index contributed by atoms with van der Waals surface area (Å²) in [7, 11) is 0. The Kier molecular flexibility index (Phi) is 2.75. The highest BCUT2D eigenvalue weighted by atomic mass is 32.1. The Bertz CT molecular complexity index is 450. The molecule has 2 aromatic heterocycles. The summed E-state index contributed by atoms with van der Waals surface area (Å²) >= 11 is 1.26. The van der Waals surface area contributed by atoms with Gasteiger partial charge in [0.05, 0.1) is 4.88 Å². The van der Waals surface area contributed by atoms with Gasteiger partial charge in [0.25, 0.3) is 0 Å². The van der Waals surface area contributed by atoms with Crippen LogP contribution in [0.3, 0.4) is 0 Å². The van der Waals surface area contributed by atoms with E-state index in [1.165, 1.54) is 11.3 Å². The molecule has 0 radical (unpaired) electrons. The third-order valence-electron chi connectivity index (χ3n) is 2.11. The number of rotatable bonds is 3. The second kappa shape index (κ2) is 4.04. The Morgan fingerprint density at radius 2 is 2.40 bits per heavy atom. The molecule has 0 aliphatic heterocycles. The van der Waals surface area contributed by atoms with Gasteiger partial charge in [0.2, 0.25) is 0 Å². The van der Waals surface area contributed by atoms with E-state index in [2.05, 4.69) is 4.98 Å². The number of aromatic nitrogens is 1. The van der Waals surface area contributed by atoms with Crippen molar-refractivity contribution < 1.29 is 9.52 Å². The van der Waals surface area contributed by atoms with Gasteiger partial charge in [-0.3, -0.25) is 0 Å². The van der Waals surface area contributed by atoms with Gasteiger partial charge >= 0.3 is 0 Å². The van der Waals surface area contributed by atoms with Gasteiger partial charge in [-0.1, -0.05) is 18.3 Å². The summed E-state index contributed by atoms with van der Waals surface area (Å²) in [4.78, 5) is 4.58. The highest BCUT2D eigenvalue weighted by molar-refractivity contribution is 7.15. The maximum atomic E-state index is 9.94. The Morgan fingerprint density at radius 1 is 1.60 bits per heavy atom. The number of furan rings is 1. The van der Waals surface area contributed by atoms with Crippen LogP contribution in [-0.4, -0.2) is 10.1 Å². The lowest BCUT2D eigenvalue weighted by Crippen LogP contribution is -1.94. The van der Waals surface area contributed by atoms with Crippen molar-refractivity contribution in [3.05, 3.63) is 34.7 Å². The van der Waals surface area contributed by atoms with Gasteiger partial charge in [0.15, 0.2) is 5.13 Å². The Balaban J connectivity index is 2.23. The Labute approximate surface area is 91.4 Å². The number of anilines is 1. The first kappa shape index (κ1) is 10.2. The van der Waals surface area contributed by atoms with Gasteiger partial charge in [0, 0.05) is 12.6 Å². The van der Waals surface area contributed by atoms with Gasteiger partial charge in [-0.2, -0.15) is 0 Å². The van der Waals surface area contributed by atoms with Gasteiger partial charge in [-0.15, -0.1) is 0 Å². The van der Waals surface area contributed by atoms with Crippen LogP contribution in [0.2, 0.25) is 0 Å². The van der Waals surface area contributed by atoms with E-state index in [1.807, 2.05) is 13.0 Å². The smallest absolute Gasteiger partial charge is 0.180 e. The minimum atomic E-state index is -0.764. The van der Waals surface area contributed by atoms with E-state index in [1.54, 1.807) is 12.3 Å². The zero-order valence-electron chi connectivity index (χ0n) is 8.30. The predicted octanol–water partition coefficient (Wildman–Crippen LogP) is 1.96. The van der Waals surface area contributed by atoms with Gasteiger partial charge in [-0.25, -0.2) is 4.98 Å². The van der Waals surface area contributed by atoms with E-state index >= 15 is 0 Å². The molecule has 0 aromatic carbocycles. The standard InChI is InChI=1S/C10H12N2O2S/c1-2-6-3-4-7(14-6)9(13)8-5-12-10(11)15-8/h3-5,9,13H,2H2,1H3,(H2,11,12). The molecule has 2 heterocycles. The van der Waals surface area contributed by atoms with Crippen molar-refractivity contribution in [1.29, 1.82) is 0 Å². The first-order valence-corrected chi connectivity index (χ1v) is 5.50. The van der Waals surface area contributed by atoms with Gasteiger partial charge in [0.1, 0.15) is 17.6 Å². The van der Waals surface area contributed by atoms with E-state index < -0.39 is 6.10 Å². The van der Waals surface area contributed by atoms with E-state index in [9.17, 15) is 5.11 Å². The molecule has 0 aliphatic carbocycles. The second-order valence-electron chi connectivity index (χ2n) is 3.16. The maximum absolute atomic E-state index is 9.94. The average molecular weight is 224 g/mol. The molecule has 2 rings (SSSR count). The summed E-state index contributed by atoms with van der Waals surface area (Å²) < 4.78 is 5.45. The highest BCUT2D eigenvalue weighted by Crippen LogP contribution is 2.28. The number of aryl methyl sites for hydroxylation is 1. The molecule has 5 heteroatoms. The Hall–Kier alpha value is -1.33. The molecular formula is C10H12N2O2S. The molecule has 0 amide bonds. The molecule has 0 saturated carbocycles. The zero-order chi connectivity index (χ0) is 10.8. The minimum absolute atomic E-state index is 0.450. The number of hydrogen-bond acceptors (Lipinski definition) is 5. The number of aliphatic hydroxyl groups excluding tert-OH is 1. The van der Waals surface area contributed by atoms with Crippen LogP contribution in [0, 0.1) is 0 Å². The molecule has 2 aromatic rings. The number of aliphatic hydroxyl groups is 1. The third-order valence-corrected chi connectivity index (χ3v) is 2.99. The van der Waals surface area contributed by atoms with Crippen LogP contribution in [0.5, 0.6) is 0 Å². The normalized spacial score (nSPS) is 12.9. The van der Waals surface area contributed by atoms with Crippen LogP contribution in [-0.2, 0) is 6.42 Å². The number of nitrogens with two attached hydrogens (primary N) is 1. The van der Waals surface area contributed by atoms with Crippen molar-refractivity contribution in [2.24, 2.45) is 0 Å². The predicted molar refractivity (Wildman–Crippen MR) is 58.7 cm³/mol. The topological polar surface area (TPSA) is 72.3 Å². The fourth-order valence-corrected chi connectivity index (χ4v) is 1.98. The van der Waals surface area contributed by atoms with Crippen LogP contribution in [0.15, 0.2) is 22.7 Å². The fraction of sp³-hybridized carbons (Fsp3) is 0.300. The highest BCUT2D eigenvalue weighted by Gasteiger charge is 2.16. The van der Waals surface area contributed by atoms with Gasteiger partial charge < -0.3 is 15.3 Å². The molecular weight excluding hydrogens is 212 g/mol. The van der Waals surface area contributed by atoms with Crippen LogP contribution in [0.4, 0.5) is 5.13 Å². The molecule has 0 saturated heterocycles. The summed E-state index contributed by atoms with van der Waals surface area (Å²) in [5.41, 5.74) is 5.49. The van der Waals surface area contributed by atoms with Crippen molar-refractivity contribution in [1.82, 2.24) is 4.98 Å². The summed E-state index contributed by atoms with van der Waals surface area (Å²) in [6.07, 6.45) is 1.62. The maximum Gasteiger partial charge on any atom is 0.180 e. The van der Waals surface area contributed by atoms with E-state index in [-0.39, 0.29) is 0 Å². The van der Waals surface area contributed by atoms with Crippen LogP contribution in [0.1, 0.15) is 29.4 Å². The lowest BCUT2D eigenvalue weighted by atomic mass is 10.2. The van der Waals surface area contributed by atoms with Crippen LogP contribution < -0.4 is 5.73 Å². The molecule has 1 atom stereocenters. The number of hydrogen-bond donors (Lipinski definition) is 2. The van der Waals surface area contributed by atoms with Crippen molar-refractivity contribution >= 4 is 16.5 Å². The SMILES string of the molecule is CCc1ccc(C(O)c2cnc(N)s2)o1. The molecule has 3 N–H and O–H groups in total. The average Bonchev–Trinajstić information content (AvgIpc) is 2.84. The van der Waals surface area contributed by atoms with Crippen molar-refractivity contribution in [2.45, 2.75) is 19.4 Å². The lowest BCUT2D eigenvalue weighted by molar-refractivity contribution is 0.190. The van der Waals surface area contributed by atoms with Crippen LogP contribution in [0.25, 0.3) is 0 Å². The number of thiazole rings is 1. The van der Waals surface area contributed by atoms with Crippen molar-refractivity contribution in [3.8, 4) is 0 Å². The largest absolute Gasteiger partial charge is 0.463 e. The second-order valence-corrected chi connectivity index (χ2v) is 4.25. The van der Waals surface area contributed by atoms with E-state index in [0.717, 1.165) is 12.2 Å². The lowest BCUT2D eigenvalue weighted by Gasteiger charge is -2.03. The fourth-order valence-electron chi connectivity index (χ4n) is 1.30. The summed E-state index contributed by atoms with van der Waals surface area (Å²) in [5.74, 6) is 1.40. The first-order valence-electron chi connectivity index (χ1n) is 4.68. The quantitative estimate of drug-likeness (QED) is 0.836. The third kappa shape index (κ3) is 2.03. The molecule has 4 nitrogen and oxygen atoms in total. The van der Waals surface area contributed by atoms with E-state index in [0.29, 0.717) is 15.8 Å². The van der Waals surface area contributed by atoms with Crippen molar-refractivity contribution in [2.75, 3.05) is 5.73 Å².